The molecule has 0 atom stereocenters. The Morgan fingerprint density at radius 1 is 1.13 bits per heavy atom. The standard InChI is InChI=1S/C11H10N4/c1-8-12-11-7-10(14-15(11)13-8)9-5-3-2-4-6-9/h2-7H,1H3,(H,12,13). The monoisotopic (exact) mass is 198 g/mol. The lowest BCUT2D eigenvalue weighted by Gasteiger charge is -1.92. The van der Waals surface area contributed by atoms with Crippen LogP contribution in [-0.4, -0.2) is 19.8 Å². The smallest absolute Gasteiger partial charge is 0.156 e. The largest absolute Gasteiger partial charge is 0.326 e. The van der Waals surface area contributed by atoms with Crippen molar-refractivity contribution >= 4 is 5.65 Å². The molecule has 0 fully saturated rings. The fourth-order valence-corrected chi connectivity index (χ4v) is 1.64. The molecule has 3 rings (SSSR count). The summed E-state index contributed by atoms with van der Waals surface area (Å²) in [5.74, 6) is 0.872. The average molecular weight is 198 g/mol. The Hall–Kier alpha value is -2.10. The maximum Gasteiger partial charge on any atom is 0.156 e. The summed E-state index contributed by atoms with van der Waals surface area (Å²) in [5.41, 5.74) is 2.97. The number of rotatable bonds is 1. The number of hydrogen-bond acceptors (Lipinski definition) is 2. The van der Waals surface area contributed by atoms with E-state index in [1.807, 2.05) is 43.3 Å². The highest BCUT2D eigenvalue weighted by molar-refractivity contribution is 5.63. The van der Waals surface area contributed by atoms with Crippen molar-refractivity contribution in [1.82, 2.24) is 19.8 Å². The van der Waals surface area contributed by atoms with Crippen LogP contribution in [0.1, 0.15) is 5.82 Å². The molecule has 0 bridgehead atoms. The highest BCUT2D eigenvalue weighted by Crippen LogP contribution is 2.17. The molecule has 15 heavy (non-hydrogen) atoms. The number of aromatic nitrogens is 4. The lowest BCUT2D eigenvalue weighted by Crippen LogP contribution is -1.87. The van der Waals surface area contributed by atoms with Gasteiger partial charge in [-0.25, -0.2) is 0 Å². The molecular weight excluding hydrogens is 188 g/mol. The molecule has 0 aliphatic carbocycles. The van der Waals surface area contributed by atoms with Gasteiger partial charge in [0, 0.05) is 11.6 Å². The predicted octanol–water partition coefficient (Wildman–Crippen LogP) is 2.03. The van der Waals surface area contributed by atoms with Crippen LogP contribution >= 0.6 is 0 Å². The van der Waals surface area contributed by atoms with Crippen LogP contribution in [-0.2, 0) is 0 Å². The Labute approximate surface area is 86.6 Å². The highest BCUT2D eigenvalue weighted by atomic mass is 15.5. The van der Waals surface area contributed by atoms with E-state index in [4.69, 9.17) is 0 Å². The zero-order valence-corrected chi connectivity index (χ0v) is 8.31. The maximum absolute atomic E-state index is 4.38. The van der Waals surface area contributed by atoms with Crippen molar-refractivity contribution in [3.8, 4) is 11.3 Å². The maximum atomic E-state index is 4.38. The first kappa shape index (κ1) is 8.23. The average Bonchev–Trinajstić information content (AvgIpc) is 2.76. The molecule has 0 aliphatic rings. The van der Waals surface area contributed by atoms with Crippen LogP contribution < -0.4 is 0 Å². The second kappa shape index (κ2) is 2.95. The SMILES string of the molecule is Cc1nn2nc(-c3ccccc3)cc2[nH]1. The number of benzene rings is 1. The van der Waals surface area contributed by atoms with Crippen molar-refractivity contribution in [2.24, 2.45) is 0 Å². The third-order valence-electron chi connectivity index (χ3n) is 2.31. The molecule has 4 heteroatoms. The Balaban J connectivity index is 2.16. The third kappa shape index (κ3) is 1.30. The van der Waals surface area contributed by atoms with E-state index in [0.717, 1.165) is 22.7 Å². The molecule has 0 saturated carbocycles. The van der Waals surface area contributed by atoms with Gasteiger partial charge in [0.05, 0.1) is 5.69 Å². The van der Waals surface area contributed by atoms with Gasteiger partial charge in [0.1, 0.15) is 5.82 Å². The van der Waals surface area contributed by atoms with Gasteiger partial charge in [-0.3, -0.25) is 0 Å². The van der Waals surface area contributed by atoms with Gasteiger partial charge in [-0.05, 0) is 6.92 Å². The molecule has 0 saturated heterocycles. The molecule has 4 nitrogen and oxygen atoms in total. The third-order valence-corrected chi connectivity index (χ3v) is 2.31. The number of aryl methyl sites for hydroxylation is 1. The van der Waals surface area contributed by atoms with E-state index >= 15 is 0 Å². The van der Waals surface area contributed by atoms with Crippen LogP contribution in [0.4, 0.5) is 0 Å². The first-order valence-electron chi connectivity index (χ1n) is 4.81. The molecule has 3 aromatic rings. The van der Waals surface area contributed by atoms with Crippen molar-refractivity contribution in [3.63, 3.8) is 0 Å². The lowest BCUT2D eigenvalue weighted by molar-refractivity contribution is 0.809. The van der Waals surface area contributed by atoms with Gasteiger partial charge >= 0.3 is 0 Å². The fraction of sp³-hybridized carbons (Fsp3) is 0.0909. The van der Waals surface area contributed by atoms with Crippen LogP contribution in [0.5, 0.6) is 0 Å². The summed E-state index contributed by atoms with van der Waals surface area (Å²) >= 11 is 0. The van der Waals surface area contributed by atoms with E-state index in [1.54, 1.807) is 4.63 Å². The molecule has 2 aromatic heterocycles. The van der Waals surface area contributed by atoms with E-state index in [9.17, 15) is 0 Å². The summed E-state index contributed by atoms with van der Waals surface area (Å²) < 4.78 is 1.62. The fourth-order valence-electron chi connectivity index (χ4n) is 1.64. The van der Waals surface area contributed by atoms with E-state index < -0.39 is 0 Å². The molecular formula is C11H10N4. The molecule has 2 heterocycles. The van der Waals surface area contributed by atoms with Crippen LogP contribution in [0.2, 0.25) is 0 Å². The number of nitrogens with zero attached hydrogens (tertiary/aromatic N) is 3. The number of fused-ring (bicyclic) bond motifs is 1. The quantitative estimate of drug-likeness (QED) is 0.650. The molecule has 74 valence electrons. The normalized spacial score (nSPS) is 11.0. The van der Waals surface area contributed by atoms with Crippen LogP contribution in [0.3, 0.4) is 0 Å². The van der Waals surface area contributed by atoms with Gasteiger partial charge in [-0.2, -0.15) is 0 Å². The van der Waals surface area contributed by atoms with Crippen molar-refractivity contribution in [2.75, 3.05) is 0 Å². The summed E-state index contributed by atoms with van der Waals surface area (Å²) in [5, 5.41) is 8.59. The number of nitrogens with one attached hydrogen (secondary N) is 1. The highest BCUT2D eigenvalue weighted by Gasteiger charge is 2.05. The second-order valence-corrected chi connectivity index (χ2v) is 3.48. The van der Waals surface area contributed by atoms with Gasteiger partial charge in [0.25, 0.3) is 0 Å². The number of hydrogen-bond donors (Lipinski definition) is 1. The predicted molar refractivity (Wildman–Crippen MR) is 57.5 cm³/mol. The molecule has 0 unspecified atom stereocenters. The minimum Gasteiger partial charge on any atom is -0.326 e. The van der Waals surface area contributed by atoms with Crippen LogP contribution in [0, 0.1) is 6.92 Å². The molecule has 0 aliphatic heterocycles. The molecule has 0 spiro atoms. The summed E-state index contributed by atoms with van der Waals surface area (Å²) in [7, 11) is 0. The summed E-state index contributed by atoms with van der Waals surface area (Å²) in [4.78, 5) is 3.14. The second-order valence-electron chi connectivity index (χ2n) is 3.48. The number of H-pyrrole nitrogens is 1. The van der Waals surface area contributed by atoms with Crippen LogP contribution in [0.25, 0.3) is 16.9 Å². The van der Waals surface area contributed by atoms with Crippen LogP contribution in [0.15, 0.2) is 36.4 Å². The summed E-state index contributed by atoms with van der Waals surface area (Å²) in [6.45, 7) is 1.91. The summed E-state index contributed by atoms with van der Waals surface area (Å²) in [6.07, 6.45) is 0. The topological polar surface area (TPSA) is 46.0 Å². The van der Waals surface area contributed by atoms with Gasteiger partial charge in [0.2, 0.25) is 0 Å². The molecule has 1 aromatic carbocycles. The minimum atomic E-state index is 0.872. The zero-order valence-electron chi connectivity index (χ0n) is 8.31. The van der Waals surface area contributed by atoms with Gasteiger partial charge < -0.3 is 4.98 Å². The molecule has 1 N–H and O–H groups in total. The van der Waals surface area contributed by atoms with E-state index in [1.165, 1.54) is 0 Å². The van der Waals surface area contributed by atoms with E-state index in [2.05, 4.69) is 15.2 Å². The Bertz CT molecular complexity index is 560. The van der Waals surface area contributed by atoms with Gasteiger partial charge in [0.15, 0.2) is 5.65 Å². The number of aromatic amines is 1. The minimum absolute atomic E-state index is 0.872. The Kier molecular flexibility index (Phi) is 1.62. The first-order chi connectivity index (χ1) is 7.33. The van der Waals surface area contributed by atoms with E-state index in [0.29, 0.717) is 0 Å². The van der Waals surface area contributed by atoms with Crippen molar-refractivity contribution < 1.29 is 0 Å². The first-order valence-corrected chi connectivity index (χ1v) is 4.81. The van der Waals surface area contributed by atoms with E-state index in [-0.39, 0.29) is 0 Å². The molecule has 0 amide bonds. The lowest BCUT2D eigenvalue weighted by atomic mass is 10.2. The Morgan fingerprint density at radius 2 is 1.93 bits per heavy atom. The van der Waals surface area contributed by atoms with Gasteiger partial charge in [-0.15, -0.1) is 14.8 Å². The van der Waals surface area contributed by atoms with Crippen molar-refractivity contribution in [1.29, 1.82) is 0 Å². The molecule has 0 radical (unpaired) electrons. The summed E-state index contributed by atoms with van der Waals surface area (Å²) in [6, 6.07) is 12.1. The van der Waals surface area contributed by atoms with Crippen molar-refractivity contribution in [3.05, 3.63) is 42.2 Å². The van der Waals surface area contributed by atoms with Crippen molar-refractivity contribution in [2.45, 2.75) is 6.92 Å². The van der Waals surface area contributed by atoms with Gasteiger partial charge in [-0.1, -0.05) is 30.3 Å². The zero-order chi connectivity index (χ0) is 10.3. The Morgan fingerprint density at radius 3 is 2.67 bits per heavy atom.